The molecule has 3 rings (SSSR count). The Morgan fingerprint density at radius 3 is 2.40 bits per heavy atom. The Labute approximate surface area is 120 Å². The van der Waals surface area contributed by atoms with Crippen LogP contribution in [0.5, 0.6) is 0 Å². The van der Waals surface area contributed by atoms with Gasteiger partial charge < -0.3 is 9.80 Å². The van der Waals surface area contributed by atoms with Crippen molar-refractivity contribution in [2.75, 3.05) is 19.6 Å². The molecule has 0 bridgehead atoms. The van der Waals surface area contributed by atoms with Gasteiger partial charge in [-0.1, -0.05) is 13.0 Å². The van der Waals surface area contributed by atoms with Crippen LogP contribution in [0.3, 0.4) is 0 Å². The molecular formula is C16H24N2O2. The number of rotatable bonds is 3. The predicted molar refractivity (Wildman–Crippen MR) is 77.0 cm³/mol. The molecule has 110 valence electrons. The largest absolute Gasteiger partial charge is 0.339 e. The van der Waals surface area contributed by atoms with Crippen LogP contribution < -0.4 is 0 Å². The summed E-state index contributed by atoms with van der Waals surface area (Å²) in [6.07, 6.45) is 8.82. The summed E-state index contributed by atoms with van der Waals surface area (Å²) in [5.41, 5.74) is 0. The molecule has 3 fully saturated rings. The minimum atomic E-state index is -0.0526. The lowest BCUT2D eigenvalue weighted by Gasteiger charge is -2.47. The Morgan fingerprint density at radius 1 is 1.05 bits per heavy atom. The second kappa shape index (κ2) is 5.58. The van der Waals surface area contributed by atoms with E-state index in [1.807, 2.05) is 0 Å². The highest BCUT2D eigenvalue weighted by Gasteiger charge is 2.42. The van der Waals surface area contributed by atoms with Gasteiger partial charge in [0.05, 0.1) is 5.92 Å². The molecule has 0 aromatic rings. The highest BCUT2D eigenvalue weighted by Crippen LogP contribution is 2.37. The van der Waals surface area contributed by atoms with Crippen LogP contribution in [0.1, 0.15) is 38.5 Å². The average molecular weight is 276 g/mol. The molecule has 4 heteroatoms. The summed E-state index contributed by atoms with van der Waals surface area (Å²) in [4.78, 5) is 28.0. The van der Waals surface area contributed by atoms with Gasteiger partial charge in [-0.05, 0) is 44.1 Å². The van der Waals surface area contributed by atoms with Crippen LogP contribution in [0.15, 0.2) is 12.7 Å². The summed E-state index contributed by atoms with van der Waals surface area (Å²) in [5, 5.41) is 0. The summed E-state index contributed by atoms with van der Waals surface area (Å²) in [6.45, 7) is 5.58. The molecule has 2 amide bonds. The number of carbonyl (C=O) groups is 2. The molecule has 0 aromatic heterocycles. The molecule has 3 aliphatic rings. The van der Waals surface area contributed by atoms with Crippen molar-refractivity contribution in [3.8, 4) is 0 Å². The van der Waals surface area contributed by atoms with Crippen molar-refractivity contribution in [2.24, 2.45) is 11.8 Å². The molecule has 0 radical (unpaired) electrons. The number of amides is 2. The lowest BCUT2D eigenvalue weighted by Crippen LogP contribution is -2.59. The Hall–Kier alpha value is -1.32. The van der Waals surface area contributed by atoms with Crippen LogP contribution in [-0.2, 0) is 9.59 Å². The Bertz CT molecular complexity index is 411. The zero-order valence-corrected chi connectivity index (χ0v) is 12.1. The molecule has 0 spiro atoms. The third-order valence-corrected chi connectivity index (χ3v) is 5.24. The molecule has 2 saturated heterocycles. The topological polar surface area (TPSA) is 40.6 Å². The van der Waals surface area contributed by atoms with Gasteiger partial charge in [0, 0.05) is 25.7 Å². The van der Waals surface area contributed by atoms with Gasteiger partial charge in [0.1, 0.15) is 0 Å². The monoisotopic (exact) mass is 276 g/mol. The normalized spacial score (nSPS) is 27.7. The quantitative estimate of drug-likeness (QED) is 0.738. The van der Waals surface area contributed by atoms with E-state index < -0.39 is 0 Å². The maximum atomic E-state index is 12.7. The zero-order valence-electron chi connectivity index (χ0n) is 12.1. The van der Waals surface area contributed by atoms with E-state index in [1.54, 1.807) is 4.90 Å². The van der Waals surface area contributed by atoms with Crippen molar-refractivity contribution >= 4 is 11.8 Å². The second-order valence-corrected chi connectivity index (χ2v) is 6.43. The number of carbonyl (C=O) groups excluding carboxylic acids is 2. The van der Waals surface area contributed by atoms with E-state index >= 15 is 0 Å². The van der Waals surface area contributed by atoms with Crippen LogP contribution in [0, 0.1) is 11.8 Å². The molecule has 0 aromatic carbocycles. The summed E-state index contributed by atoms with van der Waals surface area (Å²) in [7, 11) is 0. The van der Waals surface area contributed by atoms with Crippen molar-refractivity contribution in [1.82, 2.24) is 9.80 Å². The molecule has 1 saturated carbocycles. The first kappa shape index (κ1) is 13.7. The van der Waals surface area contributed by atoms with Gasteiger partial charge >= 0.3 is 0 Å². The molecule has 1 atom stereocenters. The van der Waals surface area contributed by atoms with Crippen LogP contribution in [0.2, 0.25) is 0 Å². The molecular weight excluding hydrogens is 252 g/mol. The molecule has 20 heavy (non-hydrogen) atoms. The van der Waals surface area contributed by atoms with Crippen molar-refractivity contribution in [2.45, 2.75) is 44.6 Å². The molecule has 4 nitrogen and oxygen atoms in total. The third kappa shape index (κ3) is 2.36. The van der Waals surface area contributed by atoms with E-state index in [1.165, 1.54) is 38.2 Å². The number of hydrogen-bond donors (Lipinski definition) is 0. The van der Waals surface area contributed by atoms with E-state index in [4.69, 9.17) is 0 Å². The van der Waals surface area contributed by atoms with Gasteiger partial charge in [-0.25, -0.2) is 0 Å². The van der Waals surface area contributed by atoms with Crippen LogP contribution in [-0.4, -0.2) is 47.3 Å². The summed E-state index contributed by atoms with van der Waals surface area (Å²) in [6, 6.07) is 0.481. The Balaban J connectivity index is 1.58. The van der Waals surface area contributed by atoms with Crippen molar-refractivity contribution in [3.05, 3.63) is 12.7 Å². The van der Waals surface area contributed by atoms with Gasteiger partial charge in [0.15, 0.2) is 0 Å². The molecule has 0 N–H and O–H groups in total. The fourth-order valence-corrected chi connectivity index (χ4v) is 3.72. The van der Waals surface area contributed by atoms with Crippen LogP contribution in [0.25, 0.3) is 0 Å². The minimum Gasteiger partial charge on any atom is -0.339 e. The molecule has 2 heterocycles. The van der Waals surface area contributed by atoms with Crippen LogP contribution in [0.4, 0.5) is 0 Å². The van der Waals surface area contributed by atoms with Crippen LogP contribution >= 0.6 is 0 Å². The second-order valence-electron chi connectivity index (χ2n) is 6.43. The molecule has 2 aliphatic heterocycles. The van der Waals surface area contributed by atoms with E-state index in [9.17, 15) is 9.59 Å². The summed E-state index contributed by atoms with van der Waals surface area (Å²) in [5.74, 6) is 1.00. The highest BCUT2D eigenvalue weighted by atomic mass is 16.2. The molecule has 1 unspecified atom stereocenters. The molecule has 1 aliphatic carbocycles. The smallest absolute Gasteiger partial charge is 0.246 e. The van der Waals surface area contributed by atoms with Crippen molar-refractivity contribution in [1.29, 1.82) is 0 Å². The average Bonchev–Trinajstić information content (AvgIpc) is 2.35. The lowest BCUT2D eigenvalue weighted by molar-refractivity contribution is -0.150. The first-order valence-corrected chi connectivity index (χ1v) is 7.92. The van der Waals surface area contributed by atoms with Gasteiger partial charge in [-0.3, -0.25) is 9.59 Å². The van der Waals surface area contributed by atoms with Gasteiger partial charge in [-0.2, -0.15) is 0 Å². The highest BCUT2D eigenvalue weighted by molar-refractivity contribution is 5.90. The first-order valence-electron chi connectivity index (χ1n) is 7.92. The van der Waals surface area contributed by atoms with Crippen molar-refractivity contribution in [3.63, 3.8) is 0 Å². The first-order chi connectivity index (χ1) is 9.70. The summed E-state index contributed by atoms with van der Waals surface area (Å²) < 4.78 is 0. The van der Waals surface area contributed by atoms with E-state index in [2.05, 4.69) is 11.5 Å². The SMILES string of the molecule is C=CC(=O)N1CC(C(=O)N2CCCCC2C2CCC2)C1. The van der Waals surface area contributed by atoms with Gasteiger partial charge in [0.25, 0.3) is 0 Å². The van der Waals surface area contributed by atoms with E-state index in [0.29, 0.717) is 19.1 Å². The van der Waals surface area contributed by atoms with E-state index in [-0.39, 0.29) is 17.7 Å². The Morgan fingerprint density at radius 2 is 1.80 bits per heavy atom. The zero-order chi connectivity index (χ0) is 14.1. The fraction of sp³-hybridized carbons (Fsp3) is 0.750. The fourth-order valence-electron chi connectivity index (χ4n) is 3.72. The number of nitrogens with zero attached hydrogens (tertiary/aromatic N) is 2. The van der Waals surface area contributed by atoms with Gasteiger partial charge in [0.2, 0.25) is 11.8 Å². The van der Waals surface area contributed by atoms with E-state index in [0.717, 1.165) is 18.9 Å². The lowest BCUT2D eigenvalue weighted by atomic mass is 9.75. The Kier molecular flexibility index (Phi) is 3.81. The maximum Gasteiger partial charge on any atom is 0.246 e. The number of likely N-dealkylation sites (tertiary alicyclic amines) is 2. The number of piperidine rings is 1. The maximum absolute atomic E-state index is 12.7. The summed E-state index contributed by atoms with van der Waals surface area (Å²) >= 11 is 0. The third-order valence-electron chi connectivity index (χ3n) is 5.24. The number of hydrogen-bond acceptors (Lipinski definition) is 2. The van der Waals surface area contributed by atoms with Crippen molar-refractivity contribution < 1.29 is 9.59 Å². The van der Waals surface area contributed by atoms with Gasteiger partial charge in [-0.15, -0.1) is 0 Å². The standard InChI is InChI=1S/C16H24N2O2/c1-2-15(19)17-10-13(11-17)16(20)18-9-4-3-8-14(18)12-6-5-7-12/h2,12-14H,1,3-11H2. The minimum absolute atomic E-state index is 0.0274. The predicted octanol–water partition coefficient (Wildman–Crippen LogP) is 1.81.